The zero-order valence-corrected chi connectivity index (χ0v) is 10.9. The summed E-state index contributed by atoms with van der Waals surface area (Å²) in [6.45, 7) is 2.56. The Morgan fingerprint density at radius 3 is 2.94 bits per heavy atom. The van der Waals surface area contributed by atoms with E-state index in [2.05, 4.69) is 5.32 Å². The van der Waals surface area contributed by atoms with Crippen molar-refractivity contribution in [1.82, 2.24) is 15.1 Å². The first-order chi connectivity index (χ1) is 8.61. The number of likely N-dealkylation sites (N-methyl/N-ethyl adjacent to an activating group) is 1. The van der Waals surface area contributed by atoms with Crippen LogP contribution in [0.3, 0.4) is 0 Å². The second-order valence-corrected chi connectivity index (χ2v) is 4.82. The molecule has 0 spiro atoms. The summed E-state index contributed by atoms with van der Waals surface area (Å²) in [5.41, 5.74) is 0.226. The van der Waals surface area contributed by atoms with Gasteiger partial charge in [-0.15, -0.1) is 0 Å². The van der Waals surface area contributed by atoms with Gasteiger partial charge in [-0.25, -0.2) is 0 Å². The van der Waals surface area contributed by atoms with Crippen LogP contribution in [0.15, 0.2) is 11.5 Å². The monoisotopic (exact) mass is 256 g/mol. The molecule has 18 heavy (non-hydrogen) atoms. The Morgan fingerprint density at radius 2 is 2.39 bits per heavy atom. The van der Waals surface area contributed by atoms with Crippen LogP contribution in [0, 0.1) is 10.1 Å². The van der Waals surface area contributed by atoms with E-state index < -0.39 is 0 Å². The molecule has 0 aliphatic carbocycles. The van der Waals surface area contributed by atoms with E-state index in [1.54, 1.807) is 7.05 Å². The van der Waals surface area contributed by atoms with Crippen LogP contribution in [0.1, 0.15) is 12.8 Å². The van der Waals surface area contributed by atoms with Crippen molar-refractivity contribution in [1.29, 1.82) is 0 Å². The SMILES string of the molecule is CNC1=C([N+](=O)[O-])CN(C)CN1CC1CCCO1. The van der Waals surface area contributed by atoms with Gasteiger partial charge in [0.2, 0.25) is 0 Å². The average Bonchev–Trinajstić information content (AvgIpc) is 2.81. The Morgan fingerprint density at radius 1 is 1.61 bits per heavy atom. The van der Waals surface area contributed by atoms with Gasteiger partial charge in [0.25, 0.3) is 5.70 Å². The van der Waals surface area contributed by atoms with Crippen molar-refractivity contribution in [3.8, 4) is 0 Å². The molecule has 1 atom stereocenters. The van der Waals surface area contributed by atoms with Gasteiger partial charge in [0.15, 0.2) is 5.82 Å². The van der Waals surface area contributed by atoms with Crippen LogP contribution in [-0.4, -0.2) is 61.3 Å². The molecule has 0 aromatic heterocycles. The number of hydrogen-bond acceptors (Lipinski definition) is 6. The van der Waals surface area contributed by atoms with Gasteiger partial charge in [0.1, 0.15) is 0 Å². The Labute approximate surface area is 107 Å². The fraction of sp³-hybridized carbons (Fsp3) is 0.818. The van der Waals surface area contributed by atoms with Crippen LogP contribution < -0.4 is 5.32 Å². The van der Waals surface area contributed by atoms with E-state index in [-0.39, 0.29) is 16.7 Å². The van der Waals surface area contributed by atoms with Gasteiger partial charge in [-0.3, -0.25) is 15.0 Å². The van der Waals surface area contributed by atoms with Crippen LogP contribution in [0.4, 0.5) is 0 Å². The standard InChI is InChI=1S/C11H20N4O3/c1-12-11-10(15(16)17)7-13(2)8-14(11)6-9-4-3-5-18-9/h9,12H,3-8H2,1-2H3. The van der Waals surface area contributed by atoms with Gasteiger partial charge in [-0.2, -0.15) is 0 Å². The normalized spacial score (nSPS) is 25.7. The molecule has 2 rings (SSSR count). The van der Waals surface area contributed by atoms with Crippen LogP contribution in [0.25, 0.3) is 0 Å². The molecule has 2 aliphatic heterocycles. The maximum absolute atomic E-state index is 11.1. The van der Waals surface area contributed by atoms with Crippen molar-refractivity contribution in [3.63, 3.8) is 0 Å². The smallest absolute Gasteiger partial charge is 0.299 e. The molecule has 0 aromatic carbocycles. The van der Waals surface area contributed by atoms with E-state index in [9.17, 15) is 10.1 Å². The van der Waals surface area contributed by atoms with Crippen molar-refractivity contribution in [3.05, 3.63) is 21.6 Å². The lowest BCUT2D eigenvalue weighted by atomic mass is 10.2. The molecule has 0 saturated carbocycles. The highest BCUT2D eigenvalue weighted by molar-refractivity contribution is 5.10. The maximum Gasteiger partial charge on any atom is 0.299 e. The molecule has 0 bridgehead atoms. The summed E-state index contributed by atoms with van der Waals surface area (Å²) in [5.74, 6) is 0.619. The molecule has 102 valence electrons. The van der Waals surface area contributed by atoms with Gasteiger partial charge in [0, 0.05) is 20.2 Å². The Hall–Kier alpha value is -1.34. The van der Waals surface area contributed by atoms with Gasteiger partial charge in [0.05, 0.1) is 24.2 Å². The molecule has 0 amide bonds. The van der Waals surface area contributed by atoms with E-state index >= 15 is 0 Å². The summed E-state index contributed by atoms with van der Waals surface area (Å²) in [6.07, 6.45) is 2.30. The van der Waals surface area contributed by atoms with E-state index in [0.717, 1.165) is 19.4 Å². The number of nitrogens with zero attached hydrogens (tertiary/aromatic N) is 3. The number of rotatable bonds is 4. The zero-order chi connectivity index (χ0) is 13.1. The number of hydrogen-bond donors (Lipinski definition) is 1. The first-order valence-electron chi connectivity index (χ1n) is 6.22. The third-order valence-electron chi connectivity index (χ3n) is 3.33. The molecule has 7 heteroatoms. The molecule has 2 heterocycles. The molecule has 1 fully saturated rings. The van der Waals surface area contributed by atoms with Crippen molar-refractivity contribution in [2.45, 2.75) is 18.9 Å². The van der Waals surface area contributed by atoms with E-state index in [1.807, 2.05) is 16.8 Å². The molecule has 7 nitrogen and oxygen atoms in total. The Kier molecular flexibility index (Phi) is 4.03. The van der Waals surface area contributed by atoms with E-state index in [4.69, 9.17) is 4.74 Å². The van der Waals surface area contributed by atoms with Crippen molar-refractivity contribution < 1.29 is 9.66 Å². The molecular weight excluding hydrogens is 236 g/mol. The highest BCUT2D eigenvalue weighted by atomic mass is 16.6. The lowest BCUT2D eigenvalue weighted by Crippen LogP contribution is -2.48. The minimum absolute atomic E-state index is 0.188. The van der Waals surface area contributed by atoms with Crippen LogP contribution >= 0.6 is 0 Å². The van der Waals surface area contributed by atoms with Crippen LogP contribution in [0.2, 0.25) is 0 Å². The lowest BCUT2D eigenvalue weighted by Gasteiger charge is -2.36. The average molecular weight is 256 g/mol. The Balaban J connectivity index is 2.15. The molecule has 2 aliphatic rings. The third kappa shape index (κ3) is 2.73. The second-order valence-electron chi connectivity index (χ2n) is 4.82. The van der Waals surface area contributed by atoms with E-state index in [0.29, 0.717) is 25.6 Å². The summed E-state index contributed by atoms with van der Waals surface area (Å²) >= 11 is 0. The topological polar surface area (TPSA) is 70.9 Å². The quantitative estimate of drug-likeness (QED) is 0.565. The molecule has 1 saturated heterocycles. The van der Waals surface area contributed by atoms with E-state index in [1.165, 1.54) is 0 Å². The number of nitro groups is 1. The lowest BCUT2D eigenvalue weighted by molar-refractivity contribution is -0.432. The van der Waals surface area contributed by atoms with Crippen LogP contribution in [0.5, 0.6) is 0 Å². The zero-order valence-electron chi connectivity index (χ0n) is 10.9. The minimum atomic E-state index is -0.302. The summed E-state index contributed by atoms with van der Waals surface area (Å²) in [5, 5.41) is 14.0. The Bertz CT molecular complexity index is 352. The summed E-state index contributed by atoms with van der Waals surface area (Å²) < 4.78 is 5.60. The van der Waals surface area contributed by atoms with Gasteiger partial charge < -0.3 is 15.0 Å². The fourth-order valence-electron chi connectivity index (χ4n) is 2.55. The molecule has 0 radical (unpaired) electrons. The molecule has 0 aromatic rings. The first-order valence-corrected chi connectivity index (χ1v) is 6.22. The second kappa shape index (κ2) is 5.53. The predicted molar refractivity (Wildman–Crippen MR) is 66.3 cm³/mol. The third-order valence-corrected chi connectivity index (χ3v) is 3.33. The molecule has 1 N–H and O–H groups in total. The number of nitrogens with one attached hydrogen (secondary N) is 1. The van der Waals surface area contributed by atoms with Crippen molar-refractivity contribution in [2.24, 2.45) is 0 Å². The van der Waals surface area contributed by atoms with Gasteiger partial charge >= 0.3 is 0 Å². The van der Waals surface area contributed by atoms with Gasteiger partial charge in [-0.05, 0) is 19.9 Å². The fourth-order valence-corrected chi connectivity index (χ4v) is 2.55. The summed E-state index contributed by atoms with van der Waals surface area (Å²) in [6, 6.07) is 0. The number of ether oxygens (including phenoxy) is 1. The minimum Gasteiger partial charge on any atom is -0.376 e. The maximum atomic E-state index is 11.1. The summed E-state index contributed by atoms with van der Waals surface area (Å²) in [4.78, 5) is 14.7. The van der Waals surface area contributed by atoms with Crippen molar-refractivity contribution in [2.75, 3.05) is 40.5 Å². The van der Waals surface area contributed by atoms with Crippen molar-refractivity contribution >= 4 is 0 Å². The first kappa shape index (κ1) is 13.1. The highest BCUT2D eigenvalue weighted by Gasteiger charge is 2.32. The predicted octanol–water partition coefficient (Wildman–Crippen LogP) is 0.0355. The molecule has 1 unspecified atom stereocenters. The largest absolute Gasteiger partial charge is 0.376 e. The summed E-state index contributed by atoms with van der Waals surface area (Å²) in [7, 11) is 3.62. The molecular formula is C11H20N4O3. The van der Waals surface area contributed by atoms with Crippen LogP contribution in [-0.2, 0) is 4.74 Å². The van der Waals surface area contributed by atoms with Gasteiger partial charge in [-0.1, -0.05) is 0 Å². The highest BCUT2D eigenvalue weighted by Crippen LogP contribution is 2.20.